The summed E-state index contributed by atoms with van der Waals surface area (Å²) in [4.78, 5) is 16.7. The fourth-order valence-electron chi connectivity index (χ4n) is 2.21. The van der Waals surface area contributed by atoms with Crippen molar-refractivity contribution in [2.24, 2.45) is 0 Å². The quantitative estimate of drug-likeness (QED) is 0.739. The SMILES string of the molecule is CCCC(C)c1nnc(NC(=O)c2cccc(-n3cnnc3)n2)s1. The number of anilines is 1. The standard InChI is InChI=1S/C15H17N7OS/c1-3-5-10(2)14-20-21-15(24-14)19-13(23)11-6-4-7-12(18-11)22-8-16-17-9-22/h4,6-10H,3,5H2,1-2H3,(H,19,21,23). The maximum absolute atomic E-state index is 12.4. The van der Waals surface area contributed by atoms with E-state index in [4.69, 9.17) is 0 Å². The third kappa shape index (κ3) is 3.62. The molecule has 1 amide bonds. The highest BCUT2D eigenvalue weighted by atomic mass is 32.1. The molecule has 0 bridgehead atoms. The summed E-state index contributed by atoms with van der Waals surface area (Å²) in [5, 5.41) is 19.8. The van der Waals surface area contributed by atoms with Crippen LogP contribution in [0.1, 0.15) is 48.1 Å². The minimum absolute atomic E-state index is 0.291. The van der Waals surface area contributed by atoms with Crippen LogP contribution >= 0.6 is 11.3 Å². The zero-order valence-electron chi connectivity index (χ0n) is 13.4. The molecular formula is C15H17N7OS. The van der Waals surface area contributed by atoms with Gasteiger partial charge in [0, 0.05) is 5.92 Å². The van der Waals surface area contributed by atoms with Crippen LogP contribution in [-0.4, -0.2) is 35.9 Å². The van der Waals surface area contributed by atoms with E-state index in [2.05, 4.69) is 44.5 Å². The lowest BCUT2D eigenvalue weighted by Crippen LogP contribution is -2.14. The number of carbonyl (C=O) groups is 1. The van der Waals surface area contributed by atoms with E-state index in [1.807, 2.05) is 0 Å². The Balaban J connectivity index is 1.72. The second-order valence-electron chi connectivity index (χ2n) is 5.34. The summed E-state index contributed by atoms with van der Waals surface area (Å²) in [6, 6.07) is 5.17. The first kappa shape index (κ1) is 16.2. The van der Waals surface area contributed by atoms with Crippen molar-refractivity contribution in [3.8, 4) is 5.82 Å². The van der Waals surface area contributed by atoms with Gasteiger partial charge in [-0.05, 0) is 18.6 Å². The number of nitrogens with one attached hydrogen (secondary N) is 1. The summed E-state index contributed by atoms with van der Waals surface area (Å²) in [6.07, 6.45) is 5.18. The summed E-state index contributed by atoms with van der Waals surface area (Å²) in [7, 11) is 0. The van der Waals surface area contributed by atoms with Crippen LogP contribution in [0.3, 0.4) is 0 Å². The molecule has 0 spiro atoms. The molecule has 9 heteroatoms. The van der Waals surface area contributed by atoms with Crippen molar-refractivity contribution in [1.29, 1.82) is 0 Å². The molecule has 0 aromatic carbocycles. The maximum atomic E-state index is 12.4. The van der Waals surface area contributed by atoms with Gasteiger partial charge in [-0.2, -0.15) is 0 Å². The lowest BCUT2D eigenvalue weighted by molar-refractivity contribution is 0.102. The van der Waals surface area contributed by atoms with Gasteiger partial charge in [-0.25, -0.2) is 4.98 Å². The highest BCUT2D eigenvalue weighted by Crippen LogP contribution is 2.26. The molecule has 3 heterocycles. The largest absolute Gasteiger partial charge is 0.295 e. The fraction of sp³-hybridized carbons (Fsp3) is 0.333. The molecule has 124 valence electrons. The van der Waals surface area contributed by atoms with E-state index in [0.29, 0.717) is 22.6 Å². The zero-order valence-corrected chi connectivity index (χ0v) is 14.2. The van der Waals surface area contributed by atoms with Crippen molar-refractivity contribution in [2.45, 2.75) is 32.6 Å². The monoisotopic (exact) mass is 343 g/mol. The number of carbonyl (C=O) groups excluding carboxylic acids is 1. The number of amides is 1. The molecule has 8 nitrogen and oxygen atoms in total. The molecule has 0 fully saturated rings. The van der Waals surface area contributed by atoms with Gasteiger partial charge in [0.15, 0.2) is 0 Å². The van der Waals surface area contributed by atoms with E-state index < -0.39 is 0 Å². The van der Waals surface area contributed by atoms with Crippen LogP contribution in [0.2, 0.25) is 0 Å². The average Bonchev–Trinajstić information content (AvgIpc) is 3.27. The van der Waals surface area contributed by atoms with Crippen LogP contribution in [0, 0.1) is 0 Å². The first-order valence-electron chi connectivity index (χ1n) is 7.64. The van der Waals surface area contributed by atoms with Crippen molar-refractivity contribution >= 4 is 22.4 Å². The number of rotatable bonds is 6. The second-order valence-corrected chi connectivity index (χ2v) is 6.35. The van der Waals surface area contributed by atoms with Crippen molar-refractivity contribution in [2.75, 3.05) is 5.32 Å². The fourth-order valence-corrected chi connectivity index (χ4v) is 3.04. The molecule has 1 N–H and O–H groups in total. The molecule has 0 saturated carbocycles. The molecule has 0 saturated heterocycles. The van der Waals surface area contributed by atoms with E-state index in [-0.39, 0.29) is 5.91 Å². The van der Waals surface area contributed by atoms with E-state index >= 15 is 0 Å². The average molecular weight is 343 g/mol. The Bertz CT molecular complexity index is 815. The van der Waals surface area contributed by atoms with Crippen LogP contribution in [0.4, 0.5) is 5.13 Å². The Morgan fingerprint density at radius 2 is 2.08 bits per heavy atom. The third-order valence-corrected chi connectivity index (χ3v) is 4.52. The number of hydrogen-bond donors (Lipinski definition) is 1. The van der Waals surface area contributed by atoms with E-state index in [0.717, 1.165) is 17.8 Å². The van der Waals surface area contributed by atoms with E-state index in [9.17, 15) is 4.79 Å². The smallest absolute Gasteiger partial charge is 0.276 e. The third-order valence-electron chi connectivity index (χ3n) is 3.45. The Morgan fingerprint density at radius 1 is 1.29 bits per heavy atom. The van der Waals surface area contributed by atoms with Gasteiger partial charge in [0.05, 0.1) is 0 Å². The molecule has 0 aliphatic heterocycles. The molecule has 0 radical (unpaired) electrons. The maximum Gasteiger partial charge on any atom is 0.276 e. The van der Waals surface area contributed by atoms with Gasteiger partial charge in [0.2, 0.25) is 5.13 Å². The predicted molar refractivity (Wildman–Crippen MR) is 90.3 cm³/mol. The van der Waals surface area contributed by atoms with Crippen molar-refractivity contribution in [3.63, 3.8) is 0 Å². The molecule has 1 atom stereocenters. The Hall–Kier alpha value is -2.68. The molecule has 1 unspecified atom stereocenters. The summed E-state index contributed by atoms with van der Waals surface area (Å²) in [6.45, 7) is 4.24. The lowest BCUT2D eigenvalue weighted by atomic mass is 10.1. The Kier molecular flexibility index (Phi) is 4.90. The summed E-state index contributed by atoms with van der Waals surface area (Å²) < 4.78 is 1.63. The topological polar surface area (TPSA) is 98.5 Å². The highest BCUT2D eigenvalue weighted by Gasteiger charge is 2.15. The van der Waals surface area contributed by atoms with Gasteiger partial charge in [0.1, 0.15) is 29.2 Å². The van der Waals surface area contributed by atoms with Crippen LogP contribution in [0.15, 0.2) is 30.9 Å². The predicted octanol–water partition coefficient (Wildman–Crippen LogP) is 2.67. The van der Waals surface area contributed by atoms with Crippen LogP contribution < -0.4 is 5.32 Å². The number of aromatic nitrogens is 6. The zero-order chi connectivity index (χ0) is 16.9. The van der Waals surface area contributed by atoms with Crippen molar-refractivity contribution in [1.82, 2.24) is 29.9 Å². The molecule has 3 rings (SSSR count). The summed E-state index contributed by atoms with van der Waals surface area (Å²) in [5.74, 6) is 0.589. The minimum atomic E-state index is -0.323. The van der Waals surface area contributed by atoms with Crippen molar-refractivity contribution in [3.05, 3.63) is 41.6 Å². The second kappa shape index (κ2) is 7.26. The van der Waals surface area contributed by atoms with E-state index in [1.54, 1.807) is 22.8 Å². The lowest BCUT2D eigenvalue weighted by Gasteiger charge is -2.04. The summed E-state index contributed by atoms with van der Waals surface area (Å²) >= 11 is 1.40. The number of nitrogens with zero attached hydrogens (tertiary/aromatic N) is 6. The number of hydrogen-bond acceptors (Lipinski definition) is 7. The van der Waals surface area contributed by atoms with Gasteiger partial charge >= 0.3 is 0 Å². The van der Waals surface area contributed by atoms with Crippen LogP contribution in [0.25, 0.3) is 5.82 Å². The molecule has 0 aliphatic rings. The van der Waals surface area contributed by atoms with Crippen LogP contribution in [-0.2, 0) is 0 Å². The van der Waals surface area contributed by atoms with Gasteiger partial charge in [-0.1, -0.05) is 37.7 Å². The number of pyridine rings is 1. The van der Waals surface area contributed by atoms with Crippen LogP contribution in [0.5, 0.6) is 0 Å². The Morgan fingerprint density at radius 3 is 2.83 bits per heavy atom. The molecular weight excluding hydrogens is 326 g/mol. The van der Waals surface area contributed by atoms with Crippen molar-refractivity contribution < 1.29 is 4.79 Å². The van der Waals surface area contributed by atoms with E-state index in [1.165, 1.54) is 24.0 Å². The Labute approximate surface area is 143 Å². The molecule has 24 heavy (non-hydrogen) atoms. The molecule has 0 aliphatic carbocycles. The minimum Gasteiger partial charge on any atom is -0.295 e. The normalized spacial score (nSPS) is 12.1. The first-order valence-corrected chi connectivity index (χ1v) is 8.46. The van der Waals surface area contributed by atoms with Gasteiger partial charge in [-0.3, -0.25) is 14.7 Å². The summed E-state index contributed by atoms with van der Waals surface area (Å²) in [5.41, 5.74) is 0.291. The molecule has 3 aromatic heterocycles. The van der Waals surface area contributed by atoms with Gasteiger partial charge < -0.3 is 0 Å². The molecule has 3 aromatic rings. The highest BCUT2D eigenvalue weighted by molar-refractivity contribution is 7.15. The van der Waals surface area contributed by atoms with Gasteiger partial charge in [0.25, 0.3) is 5.91 Å². The first-order chi connectivity index (χ1) is 11.7. The van der Waals surface area contributed by atoms with Gasteiger partial charge in [-0.15, -0.1) is 20.4 Å².